The first-order valence-corrected chi connectivity index (χ1v) is 7.94. The average molecular weight is 343 g/mol. The van der Waals surface area contributed by atoms with Crippen molar-refractivity contribution in [2.75, 3.05) is 0 Å². The summed E-state index contributed by atoms with van der Waals surface area (Å²) in [5.41, 5.74) is -0.381. The molecule has 1 amide bonds. The van der Waals surface area contributed by atoms with Crippen LogP contribution >= 0.6 is 0 Å². The first-order chi connectivity index (χ1) is 11.2. The number of carboxylic acid groups (broad SMARTS) is 1. The van der Waals surface area contributed by atoms with Gasteiger partial charge < -0.3 is 10.4 Å². The van der Waals surface area contributed by atoms with Crippen LogP contribution in [0.2, 0.25) is 0 Å². The van der Waals surface area contributed by atoms with Crippen LogP contribution in [0.4, 0.5) is 13.2 Å². The van der Waals surface area contributed by atoms with Crippen molar-refractivity contribution in [3.63, 3.8) is 0 Å². The molecule has 0 bridgehead atoms. The van der Waals surface area contributed by atoms with Crippen molar-refractivity contribution in [1.29, 1.82) is 0 Å². The van der Waals surface area contributed by atoms with Gasteiger partial charge in [-0.25, -0.2) is 0 Å². The molecule has 0 aromatic heterocycles. The summed E-state index contributed by atoms with van der Waals surface area (Å²) < 4.78 is 38.6. The molecule has 0 radical (unpaired) electrons. The standard InChI is InChI=1S/C17H20F3NO3/c1-2-4-14(10-5-3-6-11(9-10)17(18,19)20)21-15(22)12-7-8-13(12)16(23)24/h3,5-6,9,12-14H,2,4,7-8H2,1H3,(H,21,22)(H,23,24). The highest BCUT2D eigenvalue weighted by Crippen LogP contribution is 2.36. The van der Waals surface area contributed by atoms with Crippen molar-refractivity contribution in [1.82, 2.24) is 5.32 Å². The molecule has 1 aromatic rings. The van der Waals surface area contributed by atoms with Gasteiger partial charge >= 0.3 is 12.1 Å². The first kappa shape index (κ1) is 18.3. The van der Waals surface area contributed by atoms with Crippen LogP contribution in [-0.4, -0.2) is 17.0 Å². The monoisotopic (exact) mass is 343 g/mol. The summed E-state index contributed by atoms with van der Waals surface area (Å²) >= 11 is 0. The Morgan fingerprint density at radius 1 is 1.29 bits per heavy atom. The largest absolute Gasteiger partial charge is 0.481 e. The number of alkyl halides is 3. The van der Waals surface area contributed by atoms with E-state index in [1.165, 1.54) is 6.07 Å². The lowest BCUT2D eigenvalue weighted by molar-refractivity contribution is -0.153. The van der Waals surface area contributed by atoms with E-state index in [0.29, 0.717) is 31.2 Å². The quantitative estimate of drug-likeness (QED) is 0.826. The van der Waals surface area contributed by atoms with Crippen LogP contribution in [0.3, 0.4) is 0 Å². The molecular weight excluding hydrogens is 323 g/mol. The molecule has 0 heterocycles. The highest BCUT2D eigenvalue weighted by atomic mass is 19.4. The molecular formula is C17H20F3NO3. The molecule has 7 heteroatoms. The number of carboxylic acids is 1. The molecule has 1 aliphatic carbocycles. The highest BCUT2D eigenvalue weighted by Gasteiger charge is 2.42. The first-order valence-electron chi connectivity index (χ1n) is 7.94. The second-order valence-corrected chi connectivity index (χ2v) is 6.10. The summed E-state index contributed by atoms with van der Waals surface area (Å²) in [5.74, 6) is -2.71. The van der Waals surface area contributed by atoms with Gasteiger partial charge in [0, 0.05) is 0 Å². The predicted octanol–water partition coefficient (Wildman–Crippen LogP) is 3.77. The zero-order valence-corrected chi connectivity index (χ0v) is 13.3. The third-order valence-corrected chi connectivity index (χ3v) is 4.44. The van der Waals surface area contributed by atoms with Crippen LogP contribution in [0.5, 0.6) is 0 Å². The fourth-order valence-corrected chi connectivity index (χ4v) is 2.93. The SMILES string of the molecule is CCCC(NC(=O)C1CCC1C(=O)O)c1cccc(C(F)(F)F)c1. The van der Waals surface area contributed by atoms with E-state index in [4.69, 9.17) is 5.11 Å². The Labute approximate surface area is 138 Å². The summed E-state index contributed by atoms with van der Waals surface area (Å²) in [6.07, 6.45) is -2.34. The minimum absolute atomic E-state index is 0.381. The van der Waals surface area contributed by atoms with Gasteiger partial charge in [0.25, 0.3) is 0 Å². The third-order valence-electron chi connectivity index (χ3n) is 4.44. The van der Waals surface area contributed by atoms with E-state index in [1.54, 1.807) is 6.07 Å². The predicted molar refractivity (Wildman–Crippen MR) is 81.1 cm³/mol. The summed E-state index contributed by atoms with van der Waals surface area (Å²) in [6, 6.07) is 4.33. The normalized spacial score (nSPS) is 21.7. The van der Waals surface area contributed by atoms with Gasteiger partial charge in [-0.3, -0.25) is 9.59 Å². The van der Waals surface area contributed by atoms with Crippen molar-refractivity contribution in [2.45, 2.75) is 44.8 Å². The molecule has 2 N–H and O–H groups in total. The Morgan fingerprint density at radius 2 is 1.96 bits per heavy atom. The molecule has 0 aliphatic heterocycles. The summed E-state index contributed by atoms with van der Waals surface area (Å²) in [5, 5.41) is 11.8. The summed E-state index contributed by atoms with van der Waals surface area (Å²) in [6.45, 7) is 1.87. The molecule has 24 heavy (non-hydrogen) atoms. The number of carbonyl (C=O) groups is 2. The Hall–Kier alpha value is -2.05. The van der Waals surface area contributed by atoms with Crippen LogP contribution in [0, 0.1) is 11.8 Å². The Morgan fingerprint density at radius 3 is 2.46 bits per heavy atom. The number of hydrogen-bond donors (Lipinski definition) is 2. The zero-order valence-electron chi connectivity index (χ0n) is 13.3. The molecule has 3 unspecified atom stereocenters. The number of halogens is 3. The highest BCUT2D eigenvalue weighted by molar-refractivity contribution is 5.86. The maximum absolute atomic E-state index is 12.9. The van der Waals surface area contributed by atoms with Crippen LogP contribution in [0.25, 0.3) is 0 Å². The van der Waals surface area contributed by atoms with E-state index < -0.39 is 41.5 Å². The summed E-state index contributed by atoms with van der Waals surface area (Å²) in [7, 11) is 0. The van der Waals surface area contributed by atoms with Gasteiger partial charge in [0.1, 0.15) is 0 Å². The fourth-order valence-electron chi connectivity index (χ4n) is 2.93. The van der Waals surface area contributed by atoms with Crippen molar-refractivity contribution >= 4 is 11.9 Å². The molecule has 2 rings (SSSR count). The number of rotatable bonds is 6. The van der Waals surface area contributed by atoms with Crippen LogP contribution < -0.4 is 5.32 Å². The molecule has 0 spiro atoms. The van der Waals surface area contributed by atoms with Gasteiger partial charge in [0.15, 0.2) is 0 Å². The third kappa shape index (κ3) is 4.07. The minimum Gasteiger partial charge on any atom is -0.481 e. The van der Waals surface area contributed by atoms with Crippen molar-refractivity contribution < 1.29 is 27.9 Å². The van der Waals surface area contributed by atoms with E-state index in [1.807, 2.05) is 6.92 Å². The van der Waals surface area contributed by atoms with Gasteiger partial charge in [-0.1, -0.05) is 25.5 Å². The maximum Gasteiger partial charge on any atom is 0.416 e. The number of nitrogens with one attached hydrogen (secondary N) is 1. The van der Waals surface area contributed by atoms with Crippen LogP contribution in [0.15, 0.2) is 24.3 Å². The van der Waals surface area contributed by atoms with Crippen molar-refractivity contribution in [3.05, 3.63) is 35.4 Å². The molecule has 1 aromatic carbocycles. The van der Waals surface area contributed by atoms with Crippen molar-refractivity contribution in [2.24, 2.45) is 11.8 Å². The van der Waals surface area contributed by atoms with Gasteiger partial charge in [0.05, 0.1) is 23.4 Å². The molecule has 132 valence electrons. The molecule has 1 aliphatic rings. The number of benzene rings is 1. The van der Waals surface area contributed by atoms with E-state index in [-0.39, 0.29) is 0 Å². The molecule has 0 saturated heterocycles. The van der Waals surface area contributed by atoms with E-state index in [2.05, 4.69) is 5.32 Å². The van der Waals surface area contributed by atoms with Gasteiger partial charge in [0.2, 0.25) is 5.91 Å². The second-order valence-electron chi connectivity index (χ2n) is 6.10. The smallest absolute Gasteiger partial charge is 0.416 e. The summed E-state index contributed by atoms with van der Waals surface area (Å²) in [4.78, 5) is 23.3. The van der Waals surface area contributed by atoms with E-state index >= 15 is 0 Å². The number of amides is 1. The number of carbonyl (C=O) groups excluding carboxylic acids is 1. The van der Waals surface area contributed by atoms with Gasteiger partial charge in [-0.2, -0.15) is 13.2 Å². The molecule has 3 atom stereocenters. The van der Waals surface area contributed by atoms with Crippen LogP contribution in [-0.2, 0) is 15.8 Å². The number of aliphatic carboxylic acids is 1. The Bertz CT molecular complexity index is 615. The molecule has 1 saturated carbocycles. The lowest BCUT2D eigenvalue weighted by Gasteiger charge is -2.33. The van der Waals surface area contributed by atoms with Crippen molar-refractivity contribution in [3.8, 4) is 0 Å². The Kier molecular flexibility index (Phi) is 5.51. The maximum atomic E-state index is 12.9. The zero-order chi connectivity index (χ0) is 17.9. The Balaban J connectivity index is 2.15. The average Bonchev–Trinajstić information content (AvgIpc) is 2.44. The topological polar surface area (TPSA) is 66.4 Å². The van der Waals surface area contributed by atoms with E-state index in [0.717, 1.165) is 12.1 Å². The molecule has 1 fully saturated rings. The van der Waals surface area contributed by atoms with Gasteiger partial charge in [-0.05, 0) is 37.0 Å². The second kappa shape index (κ2) is 7.23. The minimum atomic E-state index is -4.45. The lowest BCUT2D eigenvalue weighted by atomic mass is 9.73. The molecule has 4 nitrogen and oxygen atoms in total. The van der Waals surface area contributed by atoms with E-state index in [9.17, 15) is 22.8 Å². The lowest BCUT2D eigenvalue weighted by Crippen LogP contribution is -2.45. The number of hydrogen-bond acceptors (Lipinski definition) is 2. The van der Waals surface area contributed by atoms with Gasteiger partial charge in [-0.15, -0.1) is 0 Å². The van der Waals surface area contributed by atoms with Crippen LogP contribution in [0.1, 0.15) is 49.8 Å². The fraction of sp³-hybridized carbons (Fsp3) is 0.529.